The van der Waals surface area contributed by atoms with Gasteiger partial charge in [-0.05, 0) is 0 Å². The van der Waals surface area contributed by atoms with E-state index in [1.165, 1.54) is 8.94 Å². The Labute approximate surface area is 77.9 Å². The van der Waals surface area contributed by atoms with Crippen LogP contribution < -0.4 is 0 Å². The van der Waals surface area contributed by atoms with Crippen LogP contribution in [0, 0.1) is 22.7 Å². The first kappa shape index (κ1) is 10.6. The van der Waals surface area contributed by atoms with Gasteiger partial charge in [0.15, 0.2) is 0 Å². The van der Waals surface area contributed by atoms with E-state index in [1.807, 2.05) is 0 Å². The Bertz CT molecular complexity index is 127. The van der Waals surface area contributed by atoms with Crippen molar-refractivity contribution in [3.8, 4) is 12.1 Å². The van der Waals surface area contributed by atoms with E-state index < -0.39 is 0 Å². The summed E-state index contributed by atoms with van der Waals surface area (Å²) in [5.41, 5.74) is 0. The second kappa shape index (κ2) is 9.56. The van der Waals surface area contributed by atoms with Gasteiger partial charge in [0.25, 0.3) is 0 Å². The second-order valence-corrected chi connectivity index (χ2v) is 14.2. The molecule has 0 fully saturated rings. The van der Waals surface area contributed by atoms with Gasteiger partial charge in [-0.15, -0.1) is 0 Å². The zero-order valence-electron chi connectivity index (χ0n) is 5.54. The average molecular weight is 363 g/mol. The van der Waals surface area contributed by atoms with Crippen molar-refractivity contribution >= 4 is 34.1 Å². The Hall–Kier alpha value is 0.559. The zero-order valence-corrected chi connectivity index (χ0v) is 10.2. The van der Waals surface area contributed by atoms with Crippen LogP contribution in [0.15, 0.2) is 0 Å². The van der Waals surface area contributed by atoms with Gasteiger partial charge in [-0.25, -0.2) is 0 Å². The summed E-state index contributed by atoms with van der Waals surface area (Å²) in [4.78, 5) is 0. The molecule has 0 saturated heterocycles. The first-order valence-electron chi connectivity index (χ1n) is 2.90. The Kier molecular flexibility index (Phi) is 10.1. The van der Waals surface area contributed by atoms with Crippen molar-refractivity contribution in [3.63, 3.8) is 0 Å². The molecule has 0 rings (SSSR count). The Morgan fingerprint density at radius 1 is 0.900 bits per heavy atom. The summed E-state index contributed by atoms with van der Waals surface area (Å²) in [7, 11) is 0. The molecule has 0 aliphatic carbocycles. The van der Waals surface area contributed by atoms with E-state index in [1.54, 1.807) is 0 Å². The minimum atomic E-state index is 0.206. The van der Waals surface area contributed by atoms with Crippen molar-refractivity contribution in [1.82, 2.24) is 0 Å². The average Bonchev–Trinajstić information content (AvgIpc) is 1.97. The molecule has 0 amide bonds. The molecule has 4 heteroatoms. The molecular formula is C6H8N2Te2. The molecule has 0 aromatic rings. The van der Waals surface area contributed by atoms with Crippen molar-refractivity contribution in [1.29, 1.82) is 10.5 Å². The van der Waals surface area contributed by atoms with Gasteiger partial charge in [0.2, 0.25) is 0 Å². The second-order valence-electron chi connectivity index (χ2n) is 1.46. The molecule has 0 saturated carbocycles. The zero-order chi connectivity index (χ0) is 7.66. The molecule has 0 aromatic carbocycles. The fourth-order valence-corrected chi connectivity index (χ4v) is 9.67. The summed E-state index contributed by atoms with van der Waals surface area (Å²) >= 11 is 0.412. The molecular weight excluding hydrogens is 355 g/mol. The molecule has 0 aliphatic rings. The standard InChI is InChI=1S/C6H8N2Te2/c7-3-1-5-9-10-6-2-4-8/h1-2,5-6H2. The minimum absolute atomic E-state index is 0.206. The summed E-state index contributed by atoms with van der Waals surface area (Å²) in [6.07, 6.45) is 1.50. The van der Waals surface area contributed by atoms with Gasteiger partial charge in [-0.3, -0.25) is 0 Å². The van der Waals surface area contributed by atoms with E-state index >= 15 is 0 Å². The summed E-state index contributed by atoms with van der Waals surface area (Å²) in [6, 6.07) is 4.29. The van der Waals surface area contributed by atoms with Crippen LogP contribution in [0.25, 0.3) is 0 Å². The normalized spacial score (nSPS) is 8.20. The van der Waals surface area contributed by atoms with Gasteiger partial charge in [0.1, 0.15) is 0 Å². The third-order valence-electron chi connectivity index (χ3n) is 0.678. The number of rotatable bonds is 5. The maximum atomic E-state index is 8.20. The Morgan fingerprint density at radius 2 is 1.30 bits per heavy atom. The number of hydrogen-bond donors (Lipinski definition) is 0. The van der Waals surface area contributed by atoms with Gasteiger partial charge in [-0.2, -0.15) is 0 Å². The van der Waals surface area contributed by atoms with Gasteiger partial charge in [0.05, 0.1) is 0 Å². The van der Waals surface area contributed by atoms with Crippen LogP contribution in [0.5, 0.6) is 0 Å². The quantitative estimate of drug-likeness (QED) is 0.540. The van der Waals surface area contributed by atoms with Crippen molar-refractivity contribution in [2.24, 2.45) is 0 Å². The van der Waals surface area contributed by atoms with Gasteiger partial charge >= 0.3 is 78.6 Å². The SMILES string of the molecule is N#CCC[Te][Te]CCC#N. The molecule has 10 heavy (non-hydrogen) atoms. The summed E-state index contributed by atoms with van der Waals surface area (Å²) < 4.78 is 2.35. The number of nitriles is 2. The Morgan fingerprint density at radius 3 is 1.60 bits per heavy atom. The molecule has 0 N–H and O–H groups in total. The van der Waals surface area contributed by atoms with E-state index in [4.69, 9.17) is 10.5 Å². The molecule has 0 atom stereocenters. The van der Waals surface area contributed by atoms with Crippen LogP contribution in [-0.4, -0.2) is 34.1 Å². The predicted molar refractivity (Wildman–Crippen MR) is 41.6 cm³/mol. The summed E-state index contributed by atoms with van der Waals surface area (Å²) in [6.45, 7) is 0. The molecule has 0 unspecified atom stereocenters. The Balaban J connectivity index is 2.80. The van der Waals surface area contributed by atoms with Gasteiger partial charge in [0, 0.05) is 0 Å². The number of nitrogens with zero attached hydrogens (tertiary/aromatic N) is 2. The third-order valence-corrected chi connectivity index (χ3v) is 12.8. The van der Waals surface area contributed by atoms with Crippen molar-refractivity contribution in [3.05, 3.63) is 0 Å². The molecule has 0 aromatic heterocycles. The first-order valence-corrected chi connectivity index (χ1v) is 13.5. The molecule has 0 bridgehead atoms. The van der Waals surface area contributed by atoms with Crippen LogP contribution in [0.4, 0.5) is 0 Å². The molecule has 0 radical (unpaired) electrons. The van der Waals surface area contributed by atoms with E-state index in [-0.39, 0.29) is 34.1 Å². The van der Waals surface area contributed by atoms with Crippen LogP contribution in [0.1, 0.15) is 12.8 Å². The molecule has 2 nitrogen and oxygen atoms in total. The van der Waals surface area contributed by atoms with Crippen LogP contribution in [0.3, 0.4) is 0 Å². The van der Waals surface area contributed by atoms with Crippen molar-refractivity contribution < 1.29 is 0 Å². The van der Waals surface area contributed by atoms with Gasteiger partial charge in [-0.1, -0.05) is 0 Å². The van der Waals surface area contributed by atoms with E-state index in [9.17, 15) is 0 Å². The molecule has 0 heterocycles. The number of hydrogen-bond acceptors (Lipinski definition) is 2. The monoisotopic (exact) mass is 368 g/mol. The fourth-order valence-electron chi connectivity index (χ4n) is 0.292. The van der Waals surface area contributed by atoms with Crippen molar-refractivity contribution in [2.45, 2.75) is 21.8 Å². The van der Waals surface area contributed by atoms with E-state index in [0.717, 1.165) is 12.8 Å². The van der Waals surface area contributed by atoms with E-state index in [0.29, 0.717) is 0 Å². The van der Waals surface area contributed by atoms with Crippen LogP contribution in [0.2, 0.25) is 8.94 Å². The fraction of sp³-hybridized carbons (Fsp3) is 0.667. The molecule has 54 valence electrons. The maximum absolute atomic E-state index is 8.20. The van der Waals surface area contributed by atoms with Crippen molar-refractivity contribution in [2.75, 3.05) is 0 Å². The summed E-state index contributed by atoms with van der Waals surface area (Å²) in [5, 5.41) is 16.4. The third kappa shape index (κ3) is 8.56. The molecule has 0 spiro atoms. The predicted octanol–water partition coefficient (Wildman–Crippen LogP) is 0.974. The summed E-state index contributed by atoms with van der Waals surface area (Å²) in [5.74, 6) is 0. The molecule has 0 aliphatic heterocycles. The van der Waals surface area contributed by atoms with Crippen LogP contribution in [-0.2, 0) is 0 Å². The van der Waals surface area contributed by atoms with E-state index in [2.05, 4.69) is 12.1 Å². The van der Waals surface area contributed by atoms with Crippen LogP contribution >= 0.6 is 0 Å². The topological polar surface area (TPSA) is 47.6 Å². The first-order chi connectivity index (χ1) is 4.91. The van der Waals surface area contributed by atoms with Gasteiger partial charge < -0.3 is 0 Å².